The van der Waals surface area contributed by atoms with Crippen LogP contribution in [0.4, 0.5) is 4.79 Å². The molecule has 34 heavy (non-hydrogen) atoms. The molecule has 4 amide bonds. The van der Waals surface area contributed by atoms with Crippen LogP contribution in [0.1, 0.15) is 42.7 Å². The molecule has 7 nitrogen and oxygen atoms in total. The number of rotatable bonds is 6. The summed E-state index contributed by atoms with van der Waals surface area (Å²) in [7, 11) is 0. The molecule has 3 aliphatic rings. The highest BCUT2D eigenvalue weighted by Gasteiger charge is 2.58. The molecule has 8 heteroatoms. The van der Waals surface area contributed by atoms with Gasteiger partial charge in [0.2, 0.25) is 5.91 Å². The maximum absolute atomic E-state index is 13.9. The first-order chi connectivity index (χ1) is 16.6. The van der Waals surface area contributed by atoms with Crippen LogP contribution in [0, 0.1) is 11.8 Å². The van der Waals surface area contributed by atoms with Crippen LogP contribution in [0.2, 0.25) is 0 Å². The van der Waals surface area contributed by atoms with Gasteiger partial charge in [0.05, 0.1) is 5.69 Å². The second kappa shape index (κ2) is 9.70. The monoisotopic (exact) mass is 478 g/mol. The number of allylic oxidation sites excluding steroid dienone is 2. The number of nitrogens with zero attached hydrogens (tertiary/aromatic N) is 3. The first-order valence-electron chi connectivity index (χ1n) is 12.1. The Balaban J connectivity index is 1.35. The number of amides is 4. The number of pyridine rings is 1. The predicted octanol–water partition coefficient (Wildman–Crippen LogP) is 3.73. The van der Waals surface area contributed by atoms with Gasteiger partial charge in [-0.25, -0.2) is 4.79 Å². The van der Waals surface area contributed by atoms with Gasteiger partial charge in [-0.05, 0) is 62.1 Å². The zero-order chi connectivity index (χ0) is 23.5. The van der Waals surface area contributed by atoms with E-state index < -0.39 is 5.54 Å². The number of thiophene rings is 1. The number of carbonyl (C=O) groups excluding carboxylic acids is 3. The van der Waals surface area contributed by atoms with Gasteiger partial charge in [0.1, 0.15) is 0 Å². The summed E-state index contributed by atoms with van der Waals surface area (Å²) >= 11 is 1.62. The summed E-state index contributed by atoms with van der Waals surface area (Å²) in [4.78, 5) is 48.9. The molecule has 1 N–H and O–H groups in total. The van der Waals surface area contributed by atoms with E-state index in [4.69, 9.17) is 0 Å². The van der Waals surface area contributed by atoms with Gasteiger partial charge in [0.15, 0.2) is 5.54 Å². The molecule has 0 radical (unpaired) electrons. The Morgan fingerprint density at radius 2 is 1.97 bits per heavy atom. The number of likely N-dealkylation sites (tertiary alicyclic amines) is 1. The van der Waals surface area contributed by atoms with E-state index in [2.05, 4.69) is 22.5 Å². The van der Waals surface area contributed by atoms with E-state index in [1.807, 2.05) is 40.6 Å². The number of piperidine rings is 1. The molecule has 2 fully saturated rings. The third-order valence-corrected chi connectivity index (χ3v) is 8.34. The highest BCUT2D eigenvalue weighted by atomic mass is 32.1. The van der Waals surface area contributed by atoms with Gasteiger partial charge >= 0.3 is 6.03 Å². The van der Waals surface area contributed by atoms with Crippen LogP contribution in [0.5, 0.6) is 0 Å². The smallest absolute Gasteiger partial charge is 0.325 e. The van der Waals surface area contributed by atoms with Crippen LogP contribution in [0.25, 0.3) is 0 Å². The van der Waals surface area contributed by atoms with Crippen molar-refractivity contribution >= 4 is 29.2 Å². The maximum atomic E-state index is 13.9. The van der Waals surface area contributed by atoms with Gasteiger partial charge in [-0.1, -0.05) is 24.3 Å². The molecule has 0 spiro atoms. The quantitative estimate of drug-likeness (QED) is 0.507. The van der Waals surface area contributed by atoms with E-state index in [0.717, 1.165) is 24.1 Å². The summed E-state index contributed by atoms with van der Waals surface area (Å²) in [5.74, 6) is -0.0725. The van der Waals surface area contributed by atoms with Crippen LogP contribution in [-0.2, 0) is 21.5 Å². The second-order valence-electron chi connectivity index (χ2n) is 9.32. The van der Waals surface area contributed by atoms with Crippen molar-refractivity contribution in [1.29, 1.82) is 0 Å². The van der Waals surface area contributed by atoms with Gasteiger partial charge in [-0.3, -0.25) is 19.5 Å². The molecule has 2 aromatic heterocycles. The maximum Gasteiger partial charge on any atom is 0.325 e. The topological polar surface area (TPSA) is 82.6 Å². The van der Waals surface area contributed by atoms with E-state index in [1.54, 1.807) is 17.5 Å². The van der Waals surface area contributed by atoms with Crippen LogP contribution >= 0.6 is 11.3 Å². The Kier molecular flexibility index (Phi) is 6.50. The molecule has 0 aromatic carbocycles. The van der Waals surface area contributed by atoms with Gasteiger partial charge < -0.3 is 10.2 Å². The van der Waals surface area contributed by atoms with Crippen molar-refractivity contribution in [2.45, 2.75) is 44.1 Å². The van der Waals surface area contributed by atoms with Crippen LogP contribution in [-0.4, -0.2) is 52.3 Å². The van der Waals surface area contributed by atoms with Crippen molar-refractivity contribution in [3.63, 3.8) is 0 Å². The summed E-state index contributed by atoms with van der Waals surface area (Å²) in [6.07, 6.45) is 10.5. The largest absolute Gasteiger partial charge is 0.342 e. The van der Waals surface area contributed by atoms with E-state index in [-0.39, 0.29) is 29.7 Å². The fourth-order valence-corrected chi connectivity index (χ4v) is 6.24. The lowest BCUT2D eigenvalue weighted by atomic mass is 9.74. The zero-order valence-electron chi connectivity index (χ0n) is 19.2. The number of hydrogen-bond acceptors (Lipinski definition) is 5. The van der Waals surface area contributed by atoms with E-state index in [1.165, 1.54) is 4.90 Å². The minimum absolute atomic E-state index is 0.0619. The Labute approximate surface area is 203 Å². The summed E-state index contributed by atoms with van der Waals surface area (Å²) in [6.45, 7) is 1.53. The van der Waals surface area contributed by atoms with Crippen molar-refractivity contribution in [1.82, 2.24) is 20.1 Å². The molecule has 2 aromatic rings. The van der Waals surface area contributed by atoms with E-state index >= 15 is 0 Å². The number of nitrogens with one attached hydrogen (secondary N) is 1. The van der Waals surface area contributed by atoms with Crippen molar-refractivity contribution < 1.29 is 14.4 Å². The van der Waals surface area contributed by atoms with Gasteiger partial charge in [0, 0.05) is 42.5 Å². The Hall–Kier alpha value is -3.00. The highest BCUT2D eigenvalue weighted by Crippen LogP contribution is 2.41. The number of imide groups is 1. The van der Waals surface area contributed by atoms with E-state index in [0.29, 0.717) is 44.6 Å². The van der Waals surface area contributed by atoms with Crippen LogP contribution in [0.3, 0.4) is 0 Å². The lowest BCUT2D eigenvalue weighted by Crippen LogP contribution is -2.55. The summed E-state index contributed by atoms with van der Waals surface area (Å²) in [6, 6.07) is 9.12. The van der Waals surface area contributed by atoms with E-state index in [9.17, 15) is 14.4 Å². The summed E-state index contributed by atoms with van der Waals surface area (Å²) in [5.41, 5.74) is -0.606. The lowest BCUT2D eigenvalue weighted by molar-refractivity contribution is -0.139. The fraction of sp³-hybridized carbons (Fsp3) is 0.462. The minimum atomic E-state index is -1.18. The average molecular weight is 479 g/mol. The van der Waals surface area contributed by atoms with Crippen molar-refractivity contribution in [3.8, 4) is 0 Å². The normalized spacial score (nSPS) is 25.6. The Bertz CT molecular complexity index is 1060. The number of hydrogen-bond donors (Lipinski definition) is 1. The fourth-order valence-electron chi connectivity index (χ4n) is 5.54. The number of aromatic nitrogens is 1. The molecule has 178 valence electrons. The van der Waals surface area contributed by atoms with Crippen molar-refractivity contribution in [2.24, 2.45) is 11.8 Å². The Morgan fingerprint density at radius 1 is 1.12 bits per heavy atom. The minimum Gasteiger partial charge on any atom is -0.342 e. The second-order valence-corrected chi connectivity index (χ2v) is 10.4. The predicted molar refractivity (Wildman–Crippen MR) is 130 cm³/mol. The molecular formula is C26H30N4O3S. The van der Waals surface area contributed by atoms with Crippen LogP contribution < -0.4 is 5.32 Å². The first kappa shape index (κ1) is 22.8. The highest BCUT2D eigenvalue weighted by molar-refractivity contribution is 7.09. The van der Waals surface area contributed by atoms with Crippen molar-refractivity contribution in [2.75, 3.05) is 19.6 Å². The molecular weight excluding hydrogens is 448 g/mol. The molecule has 0 saturated carbocycles. The molecule has 5 rings (SSSR count). The Morgan fingerprint density at radius 3 is 2.65 bits per heavy atom. The zero-order valence-corrected chi connectivity index (χ0v) is 20.0. The third-order valence-electron chi connectivity index (χ3n) is 7.40. The molecule has 2 aliphatic heterocycles. The van der Waals surface area contributed by atoms with Crippen LogP contribution in [0.15, 0.2) is 54.1 Å². The number of carbonyl (C=O) groups is 3. The molecule has 0 bridgehead atoms. The summed E-state index contributed by atoms with van der Waals surface area (Å²) in [5, 5.41) is 5.05. The third kappa shape index (κ3) is 4.15. The van der Waals surface area contributed by atoms with Gasteiger partial charge in [0.25, 0.3) is 5.91 Å². The molecule has 2 atom stereocenters. The van der Waals surface area contributed by atoms with Gasteiger partial charge in [-0.15, -0.1) is 11.3 Å². The lowest BCUT2D eigenvalue weighted by Gasteiger charge is -2.41. The summed E-state index contributed by atoms with van der Waals surface area (Å²) < 4.78 is 0. The molecule has 1 aliphatic carbocycles. The SMILES string of the molecule is O=C(C1CC=CCC1)N1CCC(C2(c3ccccn3)NC(=O)N(CCc3cccs3)C2=O)CC1. The number of urea groups is 1. The van der Waals surface area contributed by atoms with Gasteiger partial charge in [-0.2, -0.15) is 0 Å². The average Bonchev–Trinajstić information content (AvgIpc) is 3.50. The molecule has 2 unspecified atom stereocenters. The standard InChI is InChI=1S/C26H30N4O3S/c31-23(19-7-2-1-3-8-19)29-15-11-20(12-16-29)26(22-10-4-5-14-27-22)24(32)30(25(33)28-26)17-13-21-9-6-18-34-21/h1-2,4-6,9-10,14,18-20H,3,7-8,11-13,15-17H2,(H,28,33). The molecule has 4 heterocycles. The van der Waals surface area contributed by atoms with Crippen molar-refractivity contribution in [3.05, 3.63) is 64.6 Å². The molecule has 2 saturated heterocycles. The first-order valence-corrected chi connectivity index (χ1v) is 13.0.